The number of hydrogen-bond donors (Lipinski definition) is 2. The zero-order valence-electron chi connectivity index (χ0n) is 26.1. The molecule has 1 atom stereocenters. The maximum atomic E-state index is 6.82. The van der Waals surface area contributed by atoms with E-state index in [1.165, 1.54) is 44.2 Å². The van der Waals surface area contributed by atoms with Gasteiger partial charge in [-0.2, -0.15) is 0 Å². The molecule has 224 valence electrons. The largest absolute Gasteiger partial charge is 0.456 e. The number of nitrogens with two attached hydrogens (primary N) is 1. The first-order valence-corrected chi connectivity index (χ1v) is 16.0. The molecule has 3 nitrogen and oxygen atoms in total. The van der Waals surface area contributed by atoms with Crippen LogP contribution in [0.1, 0.15) is 47.8 Å². The number of allylic oxidation sites excluding steroid dienone is 1. The van der Waals surface area contributed by atoms with Crippen LogP contribution in [0.15, 0.2) is 150 Å². The Hall–Kier alpha value is -5.38. The number of para-hydroxylation sites is 1. The van der Waals surface area contributed by atoms with Gasteiger partial charge in [0.15, 0.2) is 0 Å². The summed E-state index contributed by atoms with van der Waals surface area (Å²) in [6.45, 7) is 4.68. The SMILES string of the molecule is CC1(C)c2cc3ccccc3cc2-c2c(/C(=C/Cc3ccc(-c4cc5ccccc5o4)cc3)NC(N)c3ccccc3)cccc21. The van der Waals surface area contributed by atoms with Crippen molar-refractivity contribution in [2.24, 2.45) is 5.73 Å². The number of benzene rings is 6. The van der Waals surface area contributed by atoms with Crippen LogP contribution in [0.4, 0.5) is 0 Å². The Morgan fingerprint density at radius 1 is 0.717 bits per heavy atom. The van der Waals surface area contributed by atoms with Crippen molar-refractivity contribution in [3.8, 4) is 22.5 Å². The monoisotopic (exact) mass is 596 g/mol. The topological polar surface area (TPSA) is 51.2 Å². The summed E-state index contributed by atoms with van der Waals surface area (Å²) in [4.78, 5) is 0. The Bertz CT molecular complexity index is 2210. The lowest BCUT2D eigenvalue weighted by Crippen LogP contribution is -2.28. The van der Waals surface area contributed by atoms with Crippen LogP contribution in [-0.2, 0) is 11.8 Å². The van der Waals surface area contributed by atoms with Crippen molar-refractivity contribution >= 4 is 27.4 Å². The van der Waals surface area contributed by atoms with Crippen LogP contribution in [0.25, 0.3) is 49.9 Å². The Morgan fingerprint density at radius 2 is 1.41 bits per heavy atom. The van der Waals surface area contributed by atoms with Crippen molar-refractivity contribution < 1.29 is 4.42 Å². The predicted molar refractivity (Wildman–Crippen MR) is 191 cm³/mol. The normalized spacial score (nSPS) is 14.3. The summed E-state index contributed by atoms with van der Waals surface area (Å²) < 4.78 is 6.11. The van der Waals surface area contributed by atoms with Crippen molar-refractivity contribution in [3.05, 3.63) is 173 Å². The van der Waals surface area contributed by atoms with Gasteiger partial charge in [-0.25, -0.2) is 0 Å². The number of rotatable bonds is 7. The smallest absolute Gasteiger partial charge is 0.135 e. The minimum absolute atomic E-state index is 0.121. The average Bonchev–Trinajstić information content (AvgIpc) is 3.63. The van der Waals surface area contributed by atoms with E-state index in [1.54, 1.807) is 0 Å². The summed E-state index contributed by atoms with van der Waals surface area (Å²) in [5.74, 6) is 0.883. The predicted octanol–water partition coefficient (Wildman–Crippen LogP) is 10.4. The van der Waals surface area contributed by atoms with Gasteiger partial charge in [-0.05, 0) is 74.8 Å². The Kier molecular flexibility index (Phi) is 6.85. The fourth-order valence-corrected chi connectivity index (χ4v) is 7.00. The van der Waals surface area contributed by atoms with Crippen LogP contribution in [-0.4, -0.2) is 0 Å². The van der Waals surface area contributed by atoms with Crippen LogP contribution in [0.2, 0.25) is 0 Å². The molecule has 3 N–H and O–H groups in total. The van der Waals surface area contributed by atoms with Crippen LogP contribution in [0.3, 0.4) is 0 Å². The van der Waals surface area contributed by atoms with Gasteiger partial charge in [0.25, 0.3) is 0 Å². The van der Waals surface area contributed by atoms with E-state index in [-0.39, 0.29) is 11.6 Å². The van der Waals surface area contributed by atoms with Crippen molar-refractivity contribution in [3.63, 3.8) is 0 Å². The fourth-order valence-electron chi connectivity index (χ4n) is 7.00. The summed E-state index contributed by atoms with van der Waals surface area (Å²) in [5, 5.41) is 7.36. The minimum atomic E-state index is -0.357. The molecule has 0 radical (unpaired) electrons. The molecule has 46 heavy (non-hydrogen) atoms. The molecule has 1 aliphatic rings. The molecule has 8 rings (SSSR count). The van der Waals surface area contributed by atoms with Crippen LogP contribution in [0.5, 0.6) is 0 Å². The lowest BCUT2D eigenvalue weighted by Gasteiger charge is -2.23. The Morgan fingerprint density at radius 3 is 2.17 bits per heavy atom. The minimum Gasteiger partial charge on any atom is -0.456 e. The molecule has 0 aliphatic heterocycles. The van der Waals surface area contributed by atoms with Gasteiger partial charge < -0.3 is 15.5 Å². The highest BCUT2D eigenvalue weighted by molar-refractivity contribution is 5.97. The third-order valence-corrected chi connectivity index (χ3v) is 9.53. The highest BCUT2D eigenvalue weighted by Gasteiger charge is 2.37. The summed E-state index contributed by atoms with van der Waals surface area (Å²) >= 11 is 0. The van der Waals surface area contributed by atoms with E-state index in [0.29, 0.717) is 0 Å². The molecule has 1 unspecified atom stereocenters. The van der Waals surface area contributed by atoms with E-state index in [9.17, 15) is 0 Å². The molecule has 0 bridgehead atoms. The average molecular weight is 597 g/mol. The van der Waals surface area contributed by atoms with Crippen LogP contribution < -0.4 is 11.1 Å². The first-order chi connectivity index (χ1) is 22.5. The molecule has 1 aromatic heterocycles. The summed E-state index contributed by atoms with van der Waals surface area (Å²) in [6, 6.07) is 49.3. The molecule has 0 fully saturated rings. The first-order valence-electron chi connectivity index (χ1n) is 16.0. The quantitative estimate of drug-likeness (QED) is 0.180. The number of nitrogens with one attached hydrogen (secondary N) is 1. The van der Waals surface area contributed by atoms with Gasteiger partial charge in [-0.3, -0.25) is 0 Å². The molecule has 0 amide bonds. The van der Waals surface area contributed by atoms with Crippen molar-refractivity contribution in [2.45, 2.75) is 31.8 Å². The van der Waals surface area contributed by atoms with Gasteiger partial charge in [0.1, 0.15) is 17.5 Å². The summed E-state index contributed by atoms with van der Waals surface area (Å²) in [6.07, 6.45) is 2.69. The molecule has 1 heterocycles. The fraction of sp³-hybridized carbons (Fsp3) is 0.116. The molecule has 0 saturated heterocycles. The molecule has 0 saturated carbocycles. The summed E-state index contributed by atoms with van der Waals surface area (Å²) in [5.41, 5.74) is 18.4. The molecule has 3 heteroatoms. The standard InChI is InChI=1S/C43H36N2O/c1-43(2)36-17-10-16-34(41(36)35-25-31-13-6-7-14-32(31)26-37(35)43)38(45-42(44)30-11-4-3-5-12-30)24-21-28-19-22-29(23-20-28)40-27-33-15-8-9-18-39(33)46-40/h3-20,22-27,42,45H,21,44H2,1-2H3/b38-24-. The Labute approximate surface area is 270 Å². The van der Waals surface area contributed by atoms with Crippen molar-refractivity contribution in [1.82, 2.24) is 5.32 Å². The second-order valence-corrected chi connectivity index (χ2v) is 12.8. The molecule has 0 spiro atoms. The maximum Gasteiger partial charge on any atom is 0.135 e. The van der Waals surface area contributed by atoms with Crippen LogP contribution >= 0.6 is 0 Å². The van der Waals surface area contributed by atoms with Gasteiger partial charge in [-0.15, -0.1) is 0 Å². The molecular weight excluding hydrogens is 560 g/mol. The maximum absolute atomic E-state index is 6.82. The van der Waals surface area contributed by atoms with Gasteiger partial charge in [0.05, 0.1) is 0 Å². The number of furan rings is 1. The summed E-state index contributed by atoms with van der Waals surface area (Å²) in [7, 11) is 0. The van der Waals surface area contributed by atoms with E-state index >= 15 is 0 Å². The molecule has 1 aliphatic carbocycles. The van der Waals surface area contributed by atoms with Crippen LogP contribution in [0, 0.1) is 0 Å². The Balaban J connectivity index is 1.20. The second kappa shape index (κ2) is 11.2. The number of fused-ring (bicyclic) bond motifs is 5. The third kappa shape index (κ3) is 4.90. The van der Waals surface area contributed by atoms with Crippen molar-refractivity contribution in [1.29, 1.82) is 0 Å². The van der Waals surface area contributed by atoms with Gasteiger partial charge in [0.2, 0.25) is 0 Å². The van der Waals surface area contributed by atoms with E-state index in [1.807, 2.05) is 36.4 Å². The molecular formula is C43H36N2O. The van der Waals surface area contributed by atoms with Gasteiger partial charge in [-0.1, -0.05) is 135 Å². The first kappa shape index (κ1) is 28.1. The zero-order valence-corrected chi connectivity index (χ0v) is 26.1. The third-order valence-electron chi connectivity index (χ3n) is 9.53. The van der Waals surface area contributed by atoms with E-state index in [0.717, 1.165) is 40.0 Å². The molecule has 7 aromatic rings. The lowest BCUT2D eigenvalue weighted by atomic mass is 9.81. The van der Waals surface area contributed by atoms with E-state index in [2.05, 4.69) is 128 Å². The van der Waals surface area contributed by atoms with Crippen molar-refractivity contribution in [2.75, 3.05) is 0 Å². The van der Waals surface area contributed by atoms with E-state index < -0.39 is 0 Å². The van der Waals surface area contributed by atoms with Gasteiger partial charge in [0, 0.05) is 27.6 Å². The highest BCUT2D eigenvalue weighted by atomic mass is 16.3. The highest BCUT2D eigenvalue weighted by Crippen LogP contribution is 2.52. The second-order valence-electron chi connectivity index (χ2n) is 12.8. The molecule has 6 aromatic carbocycles. The zero-order chi connectivity index (χ0) is 31.3. The van der Waals surface area contributed by atoms with E-state index in [4.69, 9.17) is 10.2 Å². The van der Waals surface area contributed by atoms with Gasteiger partial charge >= 0.3 is 0 Å². The number of hydrogen-bond acceptors (Lipinski definition) is 3. The lowest BCUT2D eigenvalue weighted by molar-refractivity contribution is 0.631.